The smallest absolute Gasteiger partial charge is 0.405 e. The molecule has 4 aromatic rings. The van der Waals surface area contributed by atoms with Crippen molar-refractivity contribution in [3.8, 4) is 28.4 Å². The maximum atomic E-state index is 12.3. The van der Waals surface area contributed by atoms with Crippen LogP contribution in [0.5, 0.6) is 5.88 Å². The van der Waals surface area contributed by atoms with E-state index in [9.17, 15) is 18.0 Å². The van der Waals surface area contributed by atoms with Gasteiger partial charge in [0.15, 0.2) is 0 Å². The van der Waals surface area contributed by atoms with Gasteiger partial charge in [-0.2, -0.15) is 13.2 Å². The molecule has 4 rings (SSSR count). The lowest BCUT2D eigenvalue weighted by Crippen LogP contribution is -2.36. The lowest BCUT2D eigenvalue weighted by molar-refractivity contribution is -0.123. The van der Waals surface area contributed by atoms with Crippen LogP contribution in [0, 0.1) is 0 Å². The van der Waals surface area contributed by atoms with E-state index in [1.54, 1.807) is 35.9 Å². The van der Waals surface area contributed by atoms with Crippen LogP contribution in [0.4, 0.5) is 23.7 Å². The Labute approximate surface area is 196 Å². The predicted octanol–water partition coefficient (Wildman–Crippen LogP) is 3.85. The molecular weight excluding hydrogens is 469 g/mol. The van der Waals surface area contributed by atoms with Gasteiger partial charge in [-0.3, -0.25) is 14.2 Å². The quantitative estimate of drug-likeness (QED) is 0.364. The number of hydrogen-bond donors (Lipinski definition) is 3. The average Bonchev–Trinajstić information content (AvgIpc) is 3.26. The number of rotatable bonds is 5. The van der Waals surface area contributed by atoms with Gasteiger partial charge in [0.1, 0.15) is 12.2 Å². The first-order chi connectivity index (χ1) is 16.7. The number of carbonyl (C=O) groups excluding carboxylic acids is 1. The highest BCUT2D eigenvalue weighted by Crippen LogP contribution is 2.26. The van der Waals surface area contributed by atoms with E-state index in [1.165, 1.54) is 13.3 Å². The monoisotopic (exact) mass is 488 g/mol. The lowest BCUT2D eigenvalue weighted by atomic mass is 10.1. The number of fused-ring (bicyclic) bond motifs is 1. The first-order valence-electron chi connectivity index (χ1n) is 9.87. The van der Waals surface area contributed by atoms with Gasteiger partial charge in [0.25, 0.3) is 6.47 Å². The number of anilines is 1. The Morgan fingerprint density at radius 3 is 2.66 bits per heavy atom. The first-order valence-corrected chi connectivity index (χ1v) is 9.87. The molecule has 0 fully saturated rings. The van der Waals surface area contributed by atoms with Gasteiger partial charge in [-0.25, -0.2) is 14.8 Å². The molecule has 1 aromatic carbocycles. The van der Waals surface area contributed by atoms with Crippen molar-refractivity contribution in [3.63, 3.8) is 0 Å². The molecule has 0 aliphatic heterocycles. The molecule has 0 aliphatic carbocycles. The Kier molecular flexibility index (Phi) is 7.81. The highest BCUT2D eigenvalue weighted by atomic mass is 19.4. The van der Waals surface area contributed by atoms with E-state index >= 15 is 0 Å². The minimum absolute atomic E-state index is 0.250. The van der Waals surface area contributed by atoms with Gasteiger partial charge in [-0.05, 0) is 24.3 Å². The number of methoxy groups -OCH3 is 1. The van der Waals surface area contributed by atoms with Crippen LogP contribution in [0.3, 0.4) is 0 Å². The third kappa shape index (κ3) is 6.66. The Morgan fingerprint density at radius 1 is 1.17 bits per heavy atom. The standard InChI is InChI=1S/C21H17F3N6O2.CH2O2/c1-32-19-11-25-9-16(29-19)13-5-6-30-17(10-26-18(30)8-13)14-3-2-4-15(7-14)28-20(31)27-12-21(22,23)24;2-1-3/h2-11H,12H2,1H3,(H2,27,28,31);1H,(H,2,3). The molecule has 10 nitrogen and oxygen atoms in total. The number of nitrogens with zero attached hydrogens (tertiary/aromatic N) is 4. The average molecular weight is 488 g/mol. The van der Waals surface area contributed by atoms with Gasteiger partial charge in [-0.1, -0.05) is 12.1 Å². The number of hydrogen-bond acceptors (Lipinski definition) is 6. The zero-order valence-electron chi connectivity index (χ0n) is 18.2. The van der Waals surface area contributed by atoms with Crippen LogP contribution < -0.4 is 15.4 Å². The number of amides is 2. The number of aromatic nitrogens is 4. The van der Waals surface area contributed by atoms with E-state index in [2.05, 4.69) is 20.3 Å². The molecule has 13 heteroatoms. The number of pyridine rings is 1. The first kappa shape index (κ1) is 25.0. The summed E-state index contributed by atoms with van der Waals surface area (Å²) in [6, 6.07) is 9.49. The fourth-order valence-corrected chi connectivity index (χ4v) is 3.05. The maximum absolute atomic E-state index is 12.3. The number of urea groups is 1. The largest absolute Gasteiger partial charge is 0.483 e. The highest BCUT2D eigenvalue weighted by Gasteiger charge is 2.27. The number of carbonyl (C=O) groups is 2. The third-order valence-corrected chi connectivity index (χ3v) is 4.50. The molecular formula is C22H19F3N6O4. The number of alkyl halides is 3. The molecule has 3 aromatic heterocycles. The lowest BCUT2D eigenvalue weighted by Gasteiger charge is -2.11. The second-order valence-corrected chi connectivity index (χ2v) is 6.84. The summed E-state index contributed by atoms with van der Waals surface area (Å²) in [5.74, 6) is 0.398. The number of carboxylic acid groups (broad SMARTS) is 1. The van der Waals surface area contributed by atoms with Crippen LogP contribution in [0.2, 0.25) is 0 Å². The second-order valence-electron chi connectivity index (χ2n) is 6.84. The third-order valence-electron chi connectivity index (χ3n) is 4.50. The van der Waals surface area contributed by atoms with E-state index in [0.29, 0.717) is 22.9 Å². The molecule has 0 spiro atoms. The molecule has 2 amide bonds. The molecule has 0 unspecified atom stereocenters. The Morgan fingerprint density at radius 2 is 1.94 bits per heavy atom. The molecule has 3 N–H and O–H groups in total. The Bertz CT molecular complexity index is 1330. The topological polar surface area (TPSA) is 131 Å². The molecule has 0 radical (unpaired) electrons. The number of imidazole rings is 1. The minimum Gasteiger partial charge on any atom is -0.483 e. The van der Waals surface area contributed by atoms with Crippen molar-refractivity contribution < 1.29 is 32.6 Å². The number of benzene rings is 1. The van der Waals surface area contributed by atoms with Crippen molar-refractivity contribution in [1.82, 2.24) is 24.7 Å². The number of ether oxygens (including phenoxy) is 1. The molecule has 0 aliphatic rings. The predicted molar refractivity (Wildman–Crippen MR) is 120 cm³/mol. The van der Waals surface area contributed by atoms with Crippen molar-refractivity contribution in [2.75, 3.05) is 19.0 Å². The summed E-state index contributed by atoms with van der Waals surface area (Å²) in [6.45, 7) is -1.66. The molecule has 0 saturated heterocycles. The Balaban J connectivity index is 0.00000108. The molecule has 3 heterocycles. The summed E-state index contributed by atoms with van der Waals surface area (Å²) < 4.78 is 43.7. The van der Waals surface area contributed by atoms with E-state index in [0.717, 1.165) is 16.8 Å². The van der Waals surface area contributed by atoms with E-state index < -0.39 is 18.8 Å². The summed E-state index contributed by atoms with van der Waals surface area (Å²) in [5, 5.41) is 11.1. The molecule has 0 bridgehead atoms. The molecule has 0 saturated carbocycles. The van der Waals surface area contributed by atoms with Gasteiger partial charge in [0.05, 0.1) is 37.1 Å². The van der Waals surface area contributed by atoms with E-state index in [-0.39, 0.29) is 6.47 Å². The zero-order chi connectivity index (χ0) is 25.4. The SMILES string of the molecule is COc1cncc(-c2ccn3c(-c4cccc(NC(=O)NCC(F)(F)F)c4)cnc3c2)n1.O=CO. The Hall–Kier alpha value is -4.68. The van der Waals surface area contributed by atoms with Crippen LogP contribution in [0.1, 0.15) is 0 Å². The van der Waals surface area contributed by atoms with Crippen LogP contribution in [0.25, 0.3) is 28.2 Å². The van der Waals surface area contributed by atoms with E-state index in [4.69, 9.17) is 14.6 Å². The molecule has 0 atom stereocenters. The van der Waals surface area contributed by atoms with E-state index in [1.807, 2.05) is 28.8 Å². The second kappa shape index (κ2) is 11.0. The van der Waals surface area contributed by atoms with Crippen molar-refractivity contribution in [2.45, 2.75) is 6.18 Å². The summed E-state index contributed by atoms with van der Waals surface area (Å²) >= 11 is 0. The minimum atomic E-state index is -4.48. The van der Waals surface area contributed by atoms with Gasteiger partial charge in [0, 0.05) is 23.0 Å². The summed E-state index contributed by atoms with van der Waals surface area (Å²) in [4.78, 5) is 33.0. The fourth-order valence-electron chi connectivity index (χ4n) is 3.05. The van der Waals surface area contributed by atoms with Gasteiger partial charge in [-0.15, -0.1) is 0 Å². The van der Waals surface area contributed by atoms with Crippen molar-refractivity contribution >= 4 is 23.8 Å². The highest BCUT2D eigenvalue weighted by molar-refractivity contribution is 5.90. The fraction of sp³-hybridized carbons (Fsp3) is 0.136. The van der Waals surface area contributed by atoms with Crippen molar-refractivity contribution in [1.29, 1.82) is 0 Å². The summed E-state index contributed by atoms with van der Waals surface area (Å²) in [6.07, 6.45) is 2.14. The van der Waals surface area contributed by atoms with Crippen LogP contribution in [-0.4, -0.2) is 56.8 Å². The van der Waals surface area contributed by atoms with Gasteiger partial charge >= 0.3 is 12.2 Å². The molecule has 35 heavy (non-hydrogen) atoms. The molecule has 182 valence electrons. The number of nitrogens with one attached hydrogen (secondary N) is 2. The summed E-state index contributed by atoms with van der Waals surface area (Å²) in [7, 11) is 1.51. The van der Waals surface area contributed by atoms with Crippen LogP contribution in [0.15, 0.2) is 61.2 Å². The summed E-state index contributed by atoms with van der Waals surface area (Å²) in [5.41, 5.74) is 3.90. The van der Waals surface area contributed by atoms with Gasteiger partial charge in [0.2, 0.25) is 5.88 Å². The number of halogens is 3. The maximum Gasteiger partial charge on any atom is 0.405 e. The van der Waals surface area contributed by atoms with Gasteiger partial charge < -0.3 is 20.5 Å². The van der Waals surface area contributed by atoms with Crippen LogP contribution in [-0.2, 0) is 4.79 Å². The zero-order valence-corrected chi connectivity index (χ0v) is 18.2. The van der Waals surface area contributed by atoms with Crippen LogP contribution >= 0.6 is 0 Å². The normalized spacial score (nSPS) is 10.7. The van der Waals surface area contributed by atoms with Crippen molar-refractivity contribution in [2.24, 2.45) is 0 Å². The van der Waals surface area contributed by atoms with Crippen molar-refractivity contribution in [3.05, 3.63) is 61.2 Å².